The van der Waals surface area contributed by atoms with Crippen molar-refractivity contribution in [2.24, 2.45) is 0 Å². The topological polar surface area (TPSA) is 38.7 Å². The van der Waals surface area contributed by atoms with Crippen LogP contribution in [0.15, 0.2) is 67.0 Å². The van der Waals surface area contributed by atoms with Gasteiger partial charge in [0.05, 0.1) is 0 Å². The van der Waals surface area contributed by atoms with Gasteiger partial charge in [0.15, 0.2) is 0 Å². The van der Waals surface area contributed by atoms with Gasteiger partial charge in [-0.25, -0.2) is 0 Å². The zero-order chi connectivity index (χ0) is 18.0. The number of hydrogen-bond acceptors (Lipinski definition) is 3. The molecule has 1 heterocycles. The first-order chi connectivity index (χ1) is 11.8. The van der Waals surface area contributed by atoms with Gasteiger partial charge in [-0.05, 0) is 6.42 Å². The molecule has 0 saturated heterocycles. The molecule has 125 valence electrons. The van der Waals surface area contributed by atoms with Crippen molar-refractivity contribution in [3.05, 3.63) is 90.7 Å². The van der Waals surface area contributed by atoms with Crippen molar-refractivity contribution in [1.29, 1.82) is 0 Å². The number of hydrogen-bond donors (Lipinski definition) is 0. The molecule has 0 spiro atoms. The molecule has 0 aliphatic carbocycles. The standard InChI is InChI=1S/C10H8N3.C6H5.2C2H6.Y/c1-2-4-9(5-3-1)6-10-12-7-11-8-13-10;1-2-4-6-5-3-1;2*1-2;/h1-5,7H,6H2;1-5H;2*1-2H3;/q2*-1;;;/i7T;;;;. The van der Waals surface area contributed by atoms with Crippen LogP contribution >= 0.6 is 0 Å². The molecule has 24 heavy (non-hydrogen) atoms. The van der Waals surface area contributed by atoms with Gasteiger partial charge in [0, 0.05) is 52.5 Å². The summed E-state index contributed by atoms with van der Waals surface area (Å²) in [6.45, 7) is 8.00. The molecule has 0 atom stereocenters. The second-order valence-corrected chi connectivity index (χ2v) is 3.69. The Hall–Kier alpha value is -1.45. The average molecular weight is 398 g/mol. The van der Waals surface area contributed by atoms with Crippen LogP contribution in [0.1, 0.15) is 40.5 Å². The summed E-state index contributed by atoms with van der Waals surface area (Å²) >= 11 is 0. The van der Waals surface area contributed by atoms with Crippen LogP contribution < -0.4 is 0 Å². The minimum absolute atomic E-state index is 0. The van der Waals surface area contributed by atoms with Gasteiger partial charge in [-0.2, -0.15) is 36.4 Å². The molecule has 3 aromatic rings. The quantitative estimate of drug-likeness (QED) is 0.582. The van der Waals surface area contributed by atoms with Gasteiger partial charge < -0.3 is 15.0 Å². The molecule has 0 saturated carbocycles. The molecule has 3 rings (SSSR count). The molecule has 2 aromatic carbocycles. The van der Waals surface area contributed by atoms with Crippen molar-refractivity contribution in [1.82, 2.24) is 15.0 Å². The van der Waals surface area contributed by atoms with Gasteiger partial charge >= 0.3 is 0 Å². The first kappa shape index (κ1) is 22.6. The second-order valence-electron chi connectivity index (χ2n) is 3.69. The Labute approximate surface area is 173 Å². The van der Waals surface area contributed by atoms with Crippen LogP contribution in [0.25, 0.3) is 0 Å². The van der Waals surface area contributed by atoms with E-state index in [1.807, 2.05) is 88.4 Å². The van der Waals surface area contributed by atoms with Crippen LogP contribution in [-0.2, 0) is 39.1 Å². The van der Waals surface area contributed by atoms with Crippen LogP contribution in [0.5, 0.6) is 0 Å². The molecule has 1 aromatic heterocycles. The number of aromatic nitrogens is 3. The van der Waals surface area contributed by atoms with Crippen LogP contribution in [0.3, 0.4) is 0 Å². The van der Waals surface area contributed by atoms with Gasteiger partial charge in [-0.15, -0.1) is 0 Å². The van der Waals surface area contributed by atoms with Gasteiger partial charge in [-0.3, -0.25) is 0 Å². The third kappa shape index (κ3) is 13.0. The van der Waals surface area contributed by atoms with Crippen molar-refractivity contribution >= 4 is 0 Å². The largest absolute Gasteiger partial charge is 0.355 e. The van der Waals surface area contributed by atoms with Crippen molar-refractivity contribution in [2.75, 3.05) is 0 Å². The summed E-state index contributed by atoms with van der Waals surface area (Å²) < 4.78 is 7.21. The van der Waals surface area contributed by atoms with Crippen LogP contribution in [-0.4, -0.2) is 15.0 Å². The molecule has 0 N–H and O–H groups in total. The van der Waals surface area contributed by atoms with Gasteiger partial charge in [0.1, 0.15) is 0 Å². The molecule has 0 unspecified atom stereocenters. The van der Waals surface area contributed by atoms with E-state index in [4.69, 9.17) is 1.37 Å². The summed E-state index contributed by atoms with van der Waals surface area (Å²) in [5.74, 6) is 0.580. The minimum Gasteiger partial charge on any atom is -0.355 e. The second kappa shape index (κ2) is 19.6. The van der Waals surface area contributed by atoms with E-state index in [1.165, 1.54) is 0 Å². The summed E-state index contributed by atoms with van der Waals surface area (Å²) in [5, 5.41) is 0. The van der Waals surface area contributed by atoms with E-state index in [0.717, 1.165) is 5.56 Å². The van der Waals surface area contributed by atoms with Crippen molar-refractivity contribution in [3.8, 4) is 0 Å². The third-order valence-electron chi connectivity index (χ3n) is 2.27. The maximum atomic E-state index is 7.21. The molecule has 0 aliphatic rings. The van der Waals surface area contributed by atoms with Crippen LogP contribution in [0, 0.1) is 12.4 Å². The van der Waals surface area contributed by atoms with E-state index in [9.17, 15) is 0 Å². The summed E-state index contributed by atoms with van der Waals surface area (Å²) in [4.78, 5) is 11.3. The molecule has 4 heteroatoms. The Kier molecular flexibility index (Phi) is 18.4. The van der Waals surface area contributed by atoms with Crippen molar-refractivity contribution in [3.63, 3.8) is 0 Å². The van der Waals surface area contributed by atoms with E-state index < -0.39 is 0 Å². The maximum Gasteiger partial charge on any atom is 0.0244 e. The molecule has 0 fully saturated rings. The average Bonchev–Trinajstić information content (AvgIpc) is 2.68. The zero-order valence-electron chi connectivity index (χ0n) is 15.9. The predicted octanol–water partition coefficient (Wildman–Crippen LogP) is 4.80. The molecular formula is C20H25N3Y-2. The van der Waals surface area contributed by atoms with E-state index in [2.05, 4.69) is 27.3 Å². The zero-order valence-corrected chi connectivity index (χ0v) is 17.7. The fraction of sp³-hybridized carbons (Fsp3) is 0.250. The Bertz CT molecular complexity index is 595. The summed E-state index contributed by atoms with van der Waals surface area (Å²) in [7, 11) is 0. The first-order valence-electron chi connectivity index (χ1n) is 8.37. The van der Waals surface area contributed by atoms with Gasteiger partial charge in [-0.1, -0.05) is 63.6 Å². The number of nitrogens with zero attached hydrogens (tertiary/aromatic N) is 3. The SMILES string of the molecule is CC.CC.[3H]c1n[c-]nc(Cc2ccccc2)n1.[Y].[c-]1ccccc1. The first-order valence-corrected chi connectivity index (χ1v) is 7.87. The Morgan fingerprint density at radius 3 is 1.96 bits per heavy atom. The van der Waals surface area contributed by atoms with Gasteiger partial charge in [0.2, 0.25) is 0 Å². The fourth-order valence-electron chi connectivity index (χ4n) is 1.41. The fourth-order valence-corrected chi connectivity index (χ4v) is 1.41. The monoisotopic (exact) mass is 398 g/mol. The third-order valence-corrected chi connectivity index (χ3v) is 2.27. The van der Waals surface area contributed by atoms with Gasteiger partial charge in [0.25, 0.3) is 0 Å². The van der Waals surface area contributed by atoms with Crippen LogP contribution in [0.4, 0.5) is 0 Å². The van der Waals surface area contributed by atoms with Crippen molar-refractivity contribution < 1.29 is 34.1 Å². The molecular weight excluding hydrogens is 371 g/mol. The smallest absolute Gasteiger partial charge is 0.0244 e. The molecule has 1 radical (unpaired) electrons. The van der Waals surface area contributed by atoms with E-state index in [1.54, 1.807) is 0 Å². The Balaban J connectivity index is 0. The predicted molar refractivity (Wildman–Crippen MR) is 95.9 cm³/mol. The maximum absolute atomic E-state index is 7.21. The molecule has 0 bridgehead atoms. The summed E-state index contributed by atoms with van der Waals surface area (Å²) in [6, 6.07) is 22.4. The minimum atomic E-state index is -0.0362. The molecule has 0 amide bonds. The summed E-state index contributed by atoms with van der Waals surface area (Å²) in [6.07, 6.45) is 2.98. The molecule has 3 nitrogen and oxygen atoms in total. The summed E-state index contributed by atoms with van der Waals surface area (Å²) in [5.41, 5.74) is 1.12. The normalized spacial score (nSPS) is 8.42. The molecule has 0 aliphatic heterocycles. The number of benzene rings is 2. The van der Waals surface area contributed by atoms with E-state index in [-0.39, 0.29) is 39.0 Å². The van der Waals surface area contributed by atoms with E-state index in [0.29, 0.717) is 12.2 Å². The van der Waals surface area contributed by atoms with Crippen LogP contribution in [0.2, 0.25) is 0 Å². The Morgan fingerprint density at radius 1 is 0.917 bits per heavy atom. The Morgan fingerprint density at radius 2 is 1.50 bits per heavy atom. The number of rotatable bonds is 2. The van der Waals surface area contributed by atoms with E-state index >= 15 is 0 Å². The van der Waals surface area contributed by atoms with Crippen molar-refractivity contribution in [2.45, 2.75) is 34.1 Å².